The number of para-hydroxylation sites is 1. The van der Waals surface area contributed by atoms with Gasteiger partial charge in [-0.3, -0.25) is 4.79 Å². The van der Waals surface area contributed by atoms with Gasteiger partial charge in [-0.05, 0) is 64.1 Å². The lowest BCUT2D eigenvalue weighted by atomic mass is 10.2. The van der Waals surface area contributed by atoms with Crippen LogP contribution in [0.5, 0.6) is 11.5 Å². The van der Waals surface area contributed by atoms with Crippen molar-refractivity contribution in [3.63, 3.8) is 0 Å². The number of aromatic nitrogens is 3. The Morgan fingerprint density at radius 3 is 2.68 bits per heavy atom. The minimum absolute atomic E-state index is 0.0778. The van der Waals surface area contributed by atoms with Gasteiger partial charge >= 0.3 is 0 Å². The first-order valence-corrected chi connectivity index (χ1v) is 10.9. The summed E-state index contributed by atoms with van der Waals surface area (Å²) in [6.07, 6.45) is 0.0778. The highest BCUT2D eigenvalue weighted by atomic mass is 32.1. The first kappa shape index (κ1) is 20.9. The molecule has 4 rings (SSSR count). The van der Waals surface area contributed by atoms with Gasteiger partial charge in [-0.1, -0.05) is 17.4 Å². The molecule has 1 N–H and O–H groups in total. The molecule has 31 heavy (non-hydrogen) atoms. The highest BCUT2D eigenvalue weighted by molar-refractivity contribution is 7.20. The molecule has 0 radical (unpaired) electrons. The number of nitrogens with zero attached hydrogens (tertiary/aromatic N) is 3. The zero-order valence-corrected chi connectivity index (χ0v) is 18.7. The average Bonchev–Trinajstić information content (AvgIpc) is 3.32. The predicted octanol–water partition coefficient (Wildman–Crippen LogP) is 5.23. The second-order valence-electron chi connectivity index (χ2n) is 7.26. The quantitative estimate of drug-likeness (QED) is 0.429. The molecule has 0 aliphatic carbocycles. The number of hydrogen-bond acceptors (Lipinski definition) is 6. The lowest BCUT2D eigenvalue weighted by molar-refractivity contribution is 0.102. The van der Waals surface area contributed by atoms with Crippen LogP contribution in [0, 0.1) is 6.92 Å². The fraction of sp³-hybridized carbons (Fsp3) is 0.261. The largest absolute Gasteiger partial charge is 0.492 e. The molecule has 0 spiro atoms. The molecule has 0 bridgehead atoms. The van der Waals surface area contributed by atoms with Crippen LogP contribution in [0.2, 0.25) is 0 Å². The zero-order valence-electron chi connectivity index (χ0n) is 17.9. The Hall–Kier alpha value is -3.39. The van der Waals surface area contributed by atoms with Crippen LogP contribution in [-0.4, -0.2) is 33.4 Å². The molecular formula is C23H24N4O3S. The van der Waals surface area contributed by atoms with E-state index < -0.39 is 0 Å². The van der Waals surface area contributed by atoms with E-state index in [1.165, 1.54) is 11.3 Å². The lowest BCUT2D eigenvalue weighted by Crippen LogP contribution is -2.15. The third-order valence-electron chi connectivity index (χ3n) is 4.41. The van der Waals surface area contributed by atoms with Gasteiger partial charge in [-0.25, -0.2) is 4.98 Å². The normalized spacial score (nSPS) is 11.1. The van der Waals surface area contributed by atoms with E-state index in [-0.39, 0.29) is 12.0 Å². The third kappa shape index (κ3) is 4.54. The van der Waals surface area contributed by atoms with E-state index in [4.69, 9.17) is 14.5 Å². The number of anilines is 1. The first-order valence-electron chi connectivity index (χ1n) is 10.1. The van der Waals surface area contributed by atoms with Gasteiger partial charge in [-0.2, -0.15) is 9.78 Å². The summed E-state index contributed by atoms with van der Waals surface area (Å²) in [5.41, 5.74) is 2.10. The number of ether oxygens (including phenoxy) is 2. The van der Waals surface area contributed by atoms with Crippen molar-refractivity contribution < 1.29 is 14.3 Å². The van der Waals surface area contributed by atoms with E-state index in [2.05, 4.69) is 10.4 Å². The van der Waals surface area contributed by atoms with E-state index in [1.54, 1.807) is 28.9 Å². The number of thiazole rings is 1. The molecule has 2 heterocycles. The minimum Gasteiger partial charge on any atom is -0.492 e. The molecule has 0 fully saturated rings. The number of rotatable bonds is 7. The monoisotopic (exact) mass is 436 g/mol. The molecule has 0 atom stereocenters. The summed E-state index contributed by atoms with van der Waals surface area (Å²) in [6.45, 7) is 8.31. The van der Waals surface area contributed by atoms with Gasteiger partial charge in [-0.15, -0.1) is 0 Å². The summed E-state index contributed by atoms with van der Waals surface area (Å²) in [4.78, 5) is 17.5. The van der Waals surface area contributed by atoms with Crippen molar-refractivity contribution >= 4 is 33.3 Å². The average molecular weight is 437 g/mol. The van der Waals surface area contributed by atoms with Crippen molar-refractivity contribution in [2.45, 2.75) is 33.8 Å². The Labute approximate surface area is 184 Å². The molecule has 4 aromatic rings. The molecule has 0 saturated heterocycles. The summed E-state index contributed by atoms with van der Waals surface area (Å²) < 4.78 is 14.0. The number of hydrogen-bond donors (Lipinski definition) is 1. The minimum atomic E-state index is -0.228. The van der Waals surface area contributed by atoms with Gasteiger partial charge < -0.3 is 14.8 Å². The van der Waals surface area contributed by atoms with Gasteiger partial charge in [0.15, 0.2) is 0 Å². The van der Waals surface area contributed by atoms with E-state index >= 15 is 0 Å². The van der Waals surface area contributed by atoms with E-state index in [9.17, 15) is 4.79 Å². The van der Waals surface area contributed by atoms with Crippen LogP contribution in [0.4, 0.5) is 5.82 Å². The van der Waals surface area contributed by atoms with Crippen molar-refractivity contribution in [1.82, 2.24) is 14.8 Å². The van der Waals surface area contributed by atoms with Gasteiger partial charge in [0.25, 0.3) is 5.91 Å². The highest BCUT2D eigenvalue weighted by Crippen LogP contribution is 2.32. The van der Waals surface area contributed by atoms with Crippen molar-refractivity contribution in [1.29, 1.82) is 0 Å². The fourth-order valence-electron chi connectivity index (χ4n) is 3.15. The Morgan fingerprint density at radius 2 is 1.97 bits per heavy atom. The number of nitrogens with one attached hydrogen (secondary N) is 1. The molecule has 0 saturated carbocycles. The topological polar surface area (TPSA) is 78.3 Å². The van der Waals surface area contributed by atoms with E-state index in [0.29, 0.717) is 23.1 Å². The fourth-order valence-corrected chi connectivity index (χ4v) is 4.10. The number of amides is 1. The maximum atomic E-state index is 12.8. The molecule has 160 valence electrons. The van der Waals surface area contributed by atoms with Crippen LogP contribution in [0.15, 0.2) is 48.5 Å². The Kier molecular flexibility index (Phi) is 5.90. The summed E-state index contributed by atoms with van der Waals surface area (Å²) in [5.74, 6) is 1.79. The SMILES string of the molecule is CCOc1cccc2sc(-n3nc(C)cc3NC(=O)c3ccc(OC(C)C)cc3)nc12. The number of aryl methyl sites for hydroxylation is 1. The maximum Gasteiger partial charge on any atom is 0.256 e. The van der Waals surface area contributed by atoms with Crippen LogP contribution < -0.4 is 14.8 Å². The van der Waals surface area contributed by atoms with Gasteiger partial charge in [0.2, 0.25) is 5.13 Å². The number of carbonyl (C=O) groups is 1. The number of fused-ring (bicyclic) bond motifs is 1. The Morgan fingerprint density at radius 1 is 1.19 bits per heavy atom. The van der Waals surface area contributed by atoms with Crippen LogP contribution in [0.1, 0.15) is 36.8 Å². The zero-order chi connectivity index (χ0) is 22.0. The van der Waals surface area contributed by atoms with Crippen LogP contribution in [-0.2, 0) is 0 Å². The smallest absolute Gasteiger partial charge is 0.256 e. The maximum absolute atomic E-state index is 12.8. The van der Waals surface area contributed by atoms with Crippen molar-refractivity contribution in [3.8, 4) is 16.6 Å². The number of carbonyl (C=O) groups excluding carboxylic acids is 1. The van der Waals surface area contributed by atoms with Crippen LogP contribution >= 0.6 is 11.3 Å². The molecule has 0 aliphatic rings. The molecule has 7 nitrogen and oxygen atoms in total. The summed E-state index contributed by atoms with van der Waals surface area (Å²) in [7, 11) is 0. The standard InChI is InChI=1S/C23H24N4O3S/c1-5-29-18-7-6-8-19-21(18)25-23(31-19)27-20(13-15(4)26-27)24-22(28)16-9-11-17(12-10-16)30-14(2)3/h6-14H,5H2,1-4H3,(H,24,28). The van der Waals surface area contributed by atoms with Crippen molar-refractivity contribution in [3.05, 3.63) is 59.8 Å². The van der Waals surface area contributed by atoms with Gasteiger partial charge in [0.05, 0.1) is 23.1 Å². The third-order valence-corrected chi connectivity index (χ3v) is 5.41. The molecule has 2 aromatic carbocycles. The summed E-state index contributed by atoms with van der Waals surface area (Å²) >= 11 is 1.49. The number of benzene rings is 2. The highest BCUT2D eigenvalue weighted by Gasteiger charge is 2.17. The summed E-state index contributed by atoms with van der Waals surface area (Å²) in [5, 5.41) is 8.14. The molecule has 0 unspecified atom stereocenters. The molecular weight excluding hydrogens is 412 g/mol. The molecule has 8 heteroatoms. The Bertz CT molecular complexity index is 1210. The van der Waals surface area contributed by atoms with E-state index in [1.807, 2.05) is 52.0 Å². The van der Waals surface area contributed by atoms with Gasteiger partial charge in [0.1, 0.15) is 22.8 Å². The van der Waals surface area contributed by atoms with Crippen LogP contribution in [0.25, 0.3) is 15.3 Å². The lowest BCUT2D eigenvalue weighted by Gasteiger charge is -2.10. The van der Waals surface area contributed by atoms with Crippen molar-refractivity contribution in [2.24, 2.45) is 0 Å². The first-order chi connectivity index (χ1) is 14.9. The molecule has 0 aliphatic heterocycles. The van der Waals surface area contributed by atoms with Gasteiger partial charge in [0, 0.05) is 11.6 Å². The second-order valence-corrected chi connectivity index (χ2v) is 8.27. The second kappa shape index (κ2) is 8.77. The van der Waals surface area contributed by atoms with E-state index in [0.717, 1.165) is 27.4 Å². The predicted molar refractivity (Wildman–Crippen MR) is 123 cm³/mol. The van der Waals surface area contributed by atoms with Crippen molar-refractivity contribution in [2.75, 3.05) is 11.9 Å². The molecule has 2 aromatic heterocycles. The summed E-state index contributed by atoms with van der Waals surface area (Å²) in [6, 6.07) is 14.7. The Balaban J connectivity index is 1.61. The van der Waals surface area contributed by atoms with Crippen LogP contribution in [0.3, 0.4) is 0 Å². The molecule has 1 amide bonds.